The quantitative estimate of drug-likeness (QED) is 0.188. The van der Waals surface area contributed by atoms with Gasteiger partial charge in [0.15, 0.2) is 0 Å². The Hall–Kier alpha value is -0.590. The largest absolute Gasteiger partial charge is 0.316 e. The number of allylic oxidation sites excluding steroid dienone is 4. The Labute approximate surface area is 227 Å². The maximum absolute atomic E-state index is 11.8. The lowest BCUT2D eigenvalue weighted by Gasteiger charge is -2.50. The number of Topliss-reactive ketones (excluding diaryl/α,β-unsaturated/α-hetero) is 1. The molecule has 198 valence electrons. The molecule has 0 aromatic heterocycles. The first-order valence-corrected chi connectivity index (χ1v) is 14.5. The SMILES string of the molecule is C=C/C(Cl)=C(SNC1(C=O)CCCCC1)\C(Cl)=C/C.CNC1C(C)CC2CC1CC(C)(C(C)=O)C2. The van der Waals surface area contributed by atoms with Crippen LogP contribution in [0.15, 0.2) is 33.7 Å². The van der Waals surface area contributed by atoms with E-state index in [1.165, 1.54) is 31.2 Å². The summed E-state index contributed by atoms with van der Waals surface area (Å²) in [7, 11) is 2.07. The first-order chi connectivity index (χ1) is 16.5. The maximum Gasteiger partial charge on any atom is 0.140 e. The molecular weight excluding hydrogens is 499 g/mol. The third kappa shape index (κ3) is 7.95. The zero-order valence-electron chi connectivity index (χ0n) is 22.1. The predicted octanol–water partition coefficient (Wildman–Crippen LogP) is 7.53. The molecule has 3 aliphatic rings. The third-order valence-electron chi connectivity index (χ3n) is 8.29. The first-order valence-electron chi connectivity index (χ1n) is 13.0. The third-order valence-corrected chi connectivity index (χ3v) is 10.4. The molecule has 0 radical (unpaired) electrons. The molecular formula is C28H44Cl2N2O2S. The van der Waals surface area contributed by atoms with E-state index >= 15 is 0 Å². The number of ketones is 1. The average molecular weight is 544 g/mol. The van der Waals surface area contributed by atoms with Gasteiger partial charge in [-0.25, -0.2) is 4.72 Å². The van der Waals surface area contributed by atoms with Gasteiger partial charge in [0.2, 0.25) is 0 Å². The lowest BCUT2D eigenvalue weighted by Crippen LogP contribution is -2.51. The van der Waals surface area contributed by atoms with Crippen molar-refractivity contribution in [1.82, 2.24) is 10.0 Å². The monoisotopic (exact) mass is 542 g/mol. The fourth-order valence-corrected chi connectivity index (χ4v) is 7.74. The molecule has 0 aromatic rings. The van der Waals surface area contributed by atoms with Crippen LogP contribution in [0.4, 0.5) is 0 Å². The molecule has 0 spiro atoms. The van der Waals surface area contributed by atoms with Crippen molar-refractivity contribution >= 4 is 47.2 Å². The van der Waals surface area contributed by atoms with E-state index in [-0.39, 0.29) is 5.41 Å². The lowest BCUT2D eigenvalue weighted by molar-refractivity contribution is -0.131. The van der Waals surface area contributed by atoms with Crippen molar-refractivity contribution < 1.29 is 9.59 Å². The zero-order valence-corrected chi connectivity index (χ0v) is 24.4. The summed E-state index contributed by atoms with van der Waals surface area (Å²) in [6.45, 7) is 11.8. The van der Waals surface area contributed by atoms with Gasteiger partial charge >= 0.3 is 0 Å². The van der Waals surface area contributed by atoms with E-state index < -0.39 is 5.54 Å². The topological polar surface area (TPSA) is 58.2 Å². The highest BCUT2D eigenvalue weighted by Crippen LogP contribution is 2.50. The summed E-state index contributed by atoms with van der Waals surface area (Å²) >= 11 is 13.5. The average Bonchev–Trinajstić information content (AvgIpc) is 2.84. The van der Waals surface area contributed by atoms with Gasteiger partial charge in [0, 0.05) is 11.5 Å². The van der Waals surface area contributed by atoms with E-state index in [0.29, 0.717) is 32.7 Å². The number of carbonyl (C=O) groups excluding carboxylic acids is 2. The molecule has 0 aliphatic heterocycles. The summed E-state index contributed by atoms with van der Waals surface area (Å²) in [5, 5.41) is 4.51. The van der Waals surface area contributed by atoms with E-state index in [1.54, 1.807) is 19.1 Å². The van der Waals surface area contributed by atoms with Gasteiger partial charge in [-0.05, 0) is 95.2 Å². The molecule has 3 aliphatic carbocycles. The molecule has 5 unspecified atom stereocenters. The Balaban J connectivity index is 0.000000250. The minimum Gasteiger partial charge on any atom is -0.316 e. The fourth-order valence-electron chi connectivity index (χ4n) is 6.31. The van der Waals surface area contributed by atoms with Crippen LogP contribution in [0.1, 0.15) is 85.5 Å². The number of aldehydes is 1. The molecule has 2 bridgehead atoms. The highest BCUT2D eigenvalue weighted by Gasteiger charge is 2.47. The van der Waals surface area contributed by atoms with E-state index in [1.807, 2.05) is 6.92 Å². The van der Waals surface area contributed by atoms with Gasteiger partial charge in [-0.1, -0.05) is 69.0 Å². The Morgan fingerprint density at radius 1 is 1.14 bits per heavy atom. The molecule has 3 saturated carbocycles. The Bertz CT molecular complexity index is 820. The highest BCUT2D eigenvalue weighted by molar-refractivity contribution is 8.01. The number of hydrogen-bond donors (Lipinski definition) is 2. The second-order valence-electron chi connectivity index (χ2n) is 11.0. The summed E-state index contributed by atoms with van der Waals surface area (Å²) in [5.41, 5.74) is -0.500. The van der Waals surface area contributed by atoms with Crippen LogP contribution in [0.2, 0.25) is 0 Å². The molecule has 5 atom stereocenters. The molecule has 0 aromatic carbocycles. The van der Waals surface area contributed by atoms with Crippen molar-refractivity contribution in [2.24, 2.45) is 23.2 Å². The van der Waals surface area contributed by atoms with Crippen molar-refractivity contribution in [3.05, 3.63) is 33.7 Å². The van der Waals surface area contributed by atoms with Gasteiger partial charge < -0.3 is 10.1 Å². The zero-order chi connectivity index (χ0) is 26.2. The smallest absolute Gasteiger partial charge is 0.140 e. The minimum atomic E-state index is -0.461. The number of fused-ring (bicyclic) bond motifs is 2. The van der Waals surface area contributed by atoms with Gasteiger partial charge in [0.1, 0.15) is 12.1 Å². The Morgan fingerprint density at radius 2 is 1.80 bits per heavy atom. The van der Waals surface area contributed by atoms with E-state index in [0.717, 1.165) is 56.6 Å². The van der Waals surface area contributed by atoms with Crippen LogP contribution < -0.4 is 10.0 Å². The van der Waals surface area contributed by atoms with Crippen LogP contribution in [-0.2, 0) is 9.59 Å². The minimum absolute atomic E-state index is 0.0389. The number of nitrogens with one attached hydrogen (secondary N) is 2. The van der Waals surface area contributed by atoms with Crippen molar-refractivity contribution in [3.63, 3.8) is 0 Å². The van der Waals surface area contributed by atoms with E-state index in [9.17, 15) is 9.59 Å². The van der Waals surface area contributed by atoms with Crippen LogP contribution >= 0.6 is 35.1 Å². The summed E-state index contributed by atoms with van der Waals surface area (Å²) in [4.78, 5) is 23.9. The van der Waals surface area contributed by atoms with Crippen LogP contribution in [0.25, 0.3) is 0 Å². The molecule has 0 amide bonds. The molecule has 7 heteroatoms. The van der Waals surface area contributed by atoms with Gasteiger partial charge in [-0.2, -0.15) is 0 Å². The number of halogens is 2. The molecule has 3 rings (SSSR count). The van der Waals surface area contributed by atoms with Crippen molar-refractivity contribution in [3.8, 4) is 0 Å². The Kier molecular flexibility index (Phi) is 12.1. The Morgan fingerprint density at radius 3 is 2.31 bits per heavy atom. The van der Waals surface area contributed by atoms with Crippen LogP contribution in [0, 0.1) is 23.2 Å². The maximum atomic E-state index is 11.8. The van der Waals surface area contributed by atoms with Crippen LogP contribution in [0.3, 0.4) is 0 Å². The number of hydrogen-bond acceptors (Lipinski definition) is 5. The second kappa shape index (κ2) is 13.8. The van der Waals surface area contributed by atoms with E-state index in [2.05, 4.69) is 37.5 Å². The highest BCUT2D eigenvalue weighted by atomic mass is 35.5. The summed E-state index contributed by atoms with van der Waals surface area (Å²) in [6, 6.07) is 0.621. The molecule has 3 fully saturated rings. The molecule has 35 heavy (non-hydrogen) atoms. The number of carbonyl (C=O) groups is 2. The predicted molar refractivity (Wildman–Crippen MR) is 152 cm³/mol. The normalized spacial score (nSPS) is 33.1. The van der Waals surface area contributed by atoms with Crippen LogP contribution in [-0.4, -0.2) is 30.7 Å². The van der Waals surface area contributed by atoms with Gasteiger partial charge in [-0.15, -0.1) is 0 Å². The van der Waals surface area contributed by atoms with Gasteiger partial charge in [0.05, 0.1) is 20.5 Å². The molecule has 0 heterocycles. The van der Waals surface area contributed by atoms with E-state index in [4.69, 9.17) is 23.2 Å². The molecule has 4 nitrogen and oxygen atoms in total. The second-order valence-corrected chi connectivity index (χ2v) is 12.6. The van der Waals surface area contributed by atoms with Crippen molar-refractivity contribution in [1.29, 1.82) is 0 Å². The number of rotatable bonds is 8. The molecule has 0 saturated heterocycles. The van der Waals surface area contributed by atoms with Crippen molar-refractivity contribution in [2.45, 2.75) is 97.1 Å². The lowest BCUT2D eigenvalue weighted by atomic mass is 9.57. The standard InChI is InChI=1S/C14H19Cl2NOS.C14H25NO/c1-3-11(15)13(12(16)4-2)19-17-14(10-18)8-6-5-7-9-14;1-9-5-11-6-12(13(9)15-4)8-14(3,7-11)10(2)16/h3-4,10,17H,1,5-9H2,2H3;9,11-13,15H,5-8H2,1-4H3/b12-4+,13-11-;. The van der Waals surface area contributed by atoms with Gasteiger partial charge in [-0.3, -0.25) is 4.79 Å². The fraction of sp³-hybridized carbons (Fsp3) is 0.714. The first kappa shape index (κ1) is 30.6. The summed E-state index contributed by atoms with van der Waals surface area (Å²) < 4.78 is 3.25. The summed E-state index contributed by atoms with van der Waals surface area (Å²) in [6.07, 6.45) is 14.2. The van der Waals surface area contributed by atoms with Gasteiger partial charge in [0.25, 0.3) is 0 Å². The van der Waals surface area contributed by atoms with Crippen LogP contribution in [0.5, 0.6) is 0 Å². The summed E-state index contributed by atoms with van der Waals surface area (Å²) in [5.74, 6) is 2.66. The van der Waals surface area contributed by atoms with Crippen molar-refractivity contribution in [2.75, 3.05) is 7.05 Å². The molecule has 2 N–H and O–H groups in total.